The molecule has 0 bridgehead atoms. The van der Waals surface area contributed by atoms with Gasteiger partial charge in [-0.2, -0.15) is 28.1 Å². The van der Waals surface area contributed by atoms with Crippen molar-refractivity contribution in [3.05, 3.63) is 29.8 Å². The Bertz CT molecular complexity index is 768. The van der Waals surface area contributed by atoms with E-state index in [-0.39, 0.29) is 11.9 Å². The molecule has 146 valence electrons. The fourth-order valence-corrected chi connectivity index (χ4v) is 2.53. The van der Waals surface area contributed by atoms with Crippen LogP contribution in [0.5, 0.6) is 6.01 Å². The number of anilines is 3. The average molecular weight is 384 g/mol. The number of halogens is 3. The second-order valence-corrected chi connectivity index (χ2v) is 5.92. The maximum absolute atomic E-state index is 12.3. The third-order valence-corrected chi connectivity index (χ3v) is 3.69. The minimum absolute atomic E-state index is 0.00296. The van der Waals surface area contributed by atoms with E-state index in [0.717, 1.165) is 25.2 Å². The molecule has 2 aromatic rings. The molecule has 0 amide bonds. The van der Waals surface area contributed by atoms with E-state index >= 15 is 0 Å². The summed E-state index contributed by atoms with van der Waals surface area (Å²) in [4.78, 5) is 13.5. The molecule has 1 saturated heterocycles. The van der Waals surface area contributed by atoms with Gasteiger partial charge in [-0.1, -0.05) is 12.1 Å². The molecule has 2 heterocycles. The molecule has 3 N–H and O–H groups in total. The Morgan fingerprint density at radius 1 is 1.19 bits per heavy atom. The Kier molecular flexibility index (Phi) is 5.91. The zero-order chi connectivity index (χ0) is 19.3. The van der Waals surface area contributed by atoms with E-state index in [1.165, 1.54) is 0 Å². The number of nitrogens with one attached hydrogen (secondary N) is 1. The molecule has 0 aliphatic carbocycles. The van der Waals surface area contributed by atoms with Crippen molar-refractivity contribution in [3.8, 4) is 6.01 Å². The lowest BCUT2D eigenvalue weighted by atomic mass is 10.2. The van der Waals surface area contributed by atoms with Crippen molar-refractivity contribution < 1.29 is 22.6 Å². The van der Waals surface area contributed by atoms with Crippen LogP contribution in [0.2, 0.25) is 0 Å². The molecule has 1 aliphatic heterocycles. The third kappa shape index (κ3) is 6.22. The fraction of sp³-hybridized carbons (Fsp3) is 0.438. The van der Waals surface area contributed by atoms with Crippen molar-refractivity contribution in [2.75, 3.05) is 44.0 Å². The molecule has 0 unspecified atom stereocenters. The van der Waals surface area contributed by atoms with Crippen LogP contribution in [0.4, 0.5) is 30.8 Å². The van der Waals surface area contributed by atoms with Crippen LogP contribution in [0.15, 0.2) is 24.3 Å². The predicted octanol–water partition coefficient (Wildman–Crippen LogP) is 1.97. The van der Waals surface area contributed by atoms with Gasteiger partial charge >= 0.3 is 12.2 Å². The summed E-state index contributed by atoms with van der Waals surface area (Å²) >= 11 is 0. The highest BCUT2D eigenvalue weighted by atomic mass is 19.4. The van der Waals surface area contributed by atoms with Crippen molar-refractivity contribution in [3.63, 3.8) is 0 Å². The van der Waals surface area contributed by atoms with Gasteiger partial charge in [0.05, 0.1) is 13.2 Å². The van der Waals surface area contributed by atoms with Crippen LogP contribution < -0.4 is 15.8 Å². The molecule has 0 spiro atoms. The van der Waals surface area contributed by atoms with Crippen molar-refractivity contribution in [1.29, 1.82) is 0 Å². The normalized spacial score (nSPS) is 15.5. The molecular formula is C16H19F3N6O2. The highest BCUT2D eigenvalue weighted by Crippen LogP contribution is 2.20. The van der Waals surface area contributed by atoms with Crippen LogP contribution >= 0.6 is 0 Å². The average Bonchev–Trinajstić information content (AvgIpc) is 2.60. The summed E-state index contributed by atoms with van der Waals surface area (Å²) < 4.78 is 46.7. The smallest absolute Gasteiger partial charge is 0.422 e. The predicted molar refractivity (Wildman–Crippen MR) is 91.6 cm³/mol. The molecule has 0 saturated carbocycles. The van der Waals surface area contributed by atoms with Gasteiger partial charge in [0.1, 0.15) is 0 Å². The Morgan fingerprint density at radius 3 is 2.70 bits per heavy atom. The Hall–Kier alpha value is -2.66. The lowest BCUT2D eigenvalue weighted by Crippen LogP contribution is -2.35. The van der Waals surface area contributed by atoms with Gasteiger partial charge in [-0.15, -0.1) is 0 Å². The van der Waals surface area contributed by atoms with Gasteiger partial charge in [-0.05, 0) is 17.7 Å². The number of rotatable bonds is 6. The maximum Gasteiger partial charge on any atom is 0.422 e. The number of nitrogen functional groups attached to an aromatic ring is 1. The quantitative estimate of drug-likeness (QED) is 0.780. The van der Waals surface area contributed by atoms with Gasteiger partial charge in [0.15, 0.2) is 6.61 Å². The molecule has 0 atom stereocenters. The highest BCUT2D eigenvalue weighted by Gasteiger charge is 2.29. The number of nitrogens with two attached hydrogens (primary N) is 1. The monoisotopic (exact) mass is 384 g/mol. The van der Waals surface area contributed by atoms with E-state index in [1.807, 2.05) is 18.2 Å². The van der Waals surface area contributed by atoms with Crippen LogP contribution in [0.25, 0.3) is 0 Å². The molecule has 1 aromatic carbocycles. The van der Waals surface area contributed by atoms with Gasteiger partial charge in [0.2, 0.25) is 11.9 Å². The summed E-state index contributed by atoms with van der Waals surface area (Å²) in [5.41, 5.74) is 7.27. The Balaban J connectivity index is 1.67. The van der Waals surface area contributed by atoms with Crippen LogP contribution in [0, 0.1) is 0 Å². The van der Waals surface area contributed by atoms with Crippen molar-refractivity contribution >= 4 is 17.6 Å². The van der Waals surface area contributed by atoms with E-state index < -0.39 is 18.8 Å². The summed E-state index contributed by atoms with van der Waals surface area (Å²) in [6, 6.07) is 7.06. The van der Waals surface area contributed by atoms with E-state index in [9.17, 15) is 13.2 Å². The second-order valence-electron chi connectivity index (χ2n) is 5.92. The maximum atomic E-state index is 12.3. The Morgan fingerprint density at radius 2 is 1.96 bits per heavy atom. The van der Waals surface area contributed by atoms with Gasteiger partial charge in [0, 0.05) is 25.3 Å². The Labute approximate surface area is 153 Å². The largest absolute Gasteiger partial charge is 0.454 e. The zero-order valence-corrected chi connectivity index (χ0v) is 14.4. The fourth-order valence-electron chi connectivity index (χ4n) is 2.53. The number of ether oxygens (including phenoxy) is 2. The molecule has 27 heavy (non-hydrogen) atoms. The van der Waals surface area contributed by atoms with E-state index in [1.54, 1.807) is 6.07 Å². The molecule has 3 rings (SSSR count). The number of aromatic nitrogens is 3. The molecule has 8 nitrogen and oxygen atoms in total. The van der Waals surface area contributed by atoms with Gasteiger partial charge in [-0.25, -0.2) is 0 Å². The first kappa shape index (κ1) is 19.1. The summed E-state index contributed by atoms with van der Waals surface area (Å²) in [6.45, 7) is 2.40. The van der Waals surface area contributed by atoms with Gasteiger partial charge in [-0.3, -0.25) is 4.90 Å². The van der Waals surface area contributed by atoms with Crippen LogP contribution in [0.3, 0.4) is 0 Å². The SMILES string of the molecule is Nc1nc(Nc2cccc(CN3CCOCC3)c2)nc(OCC(F)(F)F)n1. The topological polar surface area (TPSA) is 98.4 Å². The van der Waals surface area contributed by atoms with Crippen molar-refractivity contribution in [2.45, 2.75) is 12.7 Å². The second kappa shape index (κ2) is 8.35. The first-order valence-corrected chi connectivity index (χ1v) is 8.24. The minimum Gasteiger partial charge on any atom is -0.454 e. The van der Waals surface area contributed by atoms with Crippen LogP contribution in [0.1, 0.15) is 5.56 Å². The molecular weight excluding hydrogens is 365 g/mol. The molecule has 1 aliphatic rings. The van der Waals surface area contributed by atoms with Crippen LogP contribution in [-0.2, 0) is 11.3 Å². The van der Waals surface area contributed by atoms with Crippen molar-refractivity contribution in [1.82, 2.24) is 19.9 Å². The minimum atomic E-state index is -4.50. The third-order valence-electron chi connectivity index (χ3n) is 3.69. The van der Waals surface area contributed by atoms with E-state index in [4.69, 9.17) is 10.5 Å². The number of hydrogen-bond donors (Lipinski definition) is 2. The van der Waals surface area contributed by atoms with E-state index in [2.05, 4.69) is 29.9 Å². The summed E-state index contributed by atoms with van der Waals surface area (Å²) in [5, 5.41) is 2.91. The molecule has 1 fully saturated rings. The number of nitrogens with zero attached hydrogens (tertiary/aromatic N) is 4. The van der Waals surface area contributed by atoms with Gasteiger partial charge in [0.25, 0.3) is 0 Å². The highest BCUT2D eigenvalue weighted by molar-refractivity contribution is 5.55. The molecule has 0 radical (unpaired) electrons. The standard InChI is InChI=1S/C16H19F3N6O2/c17-16(18,19)10-27-15-23-13(20)22-14(24-15)21-12-3-1-2-11(8-12)9-25-4-6-26-7-5-25/h1-3,8H,4-7,9-10H2,(H3,20,21,22,23,24). The van der Waals surface area contributed by atoms with Gasteiger partial charge < -0.3 is 20.5 Å². The zero-order valence-electron chi connectivity index (χ0n) is 14.4. The summed E-state index contributed by atoms with van der Waals surface area (Å²) in [5.74, 6) is -0.239. The number of alkyl halides is 3. The summed E-state index contributed by atoms with van der Waals surface area (Å²) in [7, 11) is 0. The molecule has 11 heteroatoms. The number of hydrogen-bond acceptors (Lipinski definition) is 8. The first-order chi connectivity index (χ1) is 12.9. The van der Waals surface area contributed by atoms with E-state index in [0.29, 0.717) is 18.9 Å². The lowest BCUT2D eigenvalue weighted by Gasteiger charge is -2.26. The number of benzene rings is 1. The molecule has 1 aromatic heterocycles. The lowest BCUT2D eigenvalue weighted by molar-refractivity contribution is -0.154. The van der Waals surface area contributed by atoms with Crippen molar-refractivity contribution in [2.24, 2.45) is 0 Å². The first-order valence-electron chi connectivity index (χ1n) is 8.24. The van der Waals surface area contributed by atoms with Crippen LogP contribution in [-0.4, -0.2) is 58.9 Å². The number of morpholine rings is 1. The summed E-state index contributed by atoms with van der Waals surface area (Å²) in [6.07, 6.45) is -4.50.